The maximum Gasteiger partial charge on any atom is 0.354 e. The molecule has 1 fully saturated rings. The summed E-state index contributed by atoms with van der Waals surface area (Å²) in [4.78, 5) is 43.4. The Labute approximate surface area is 158 Å². The van der Waals surface area contributed by atoms with Gasteiger partial charge in [0.2, 0.25) is 0 Å². The van der Waals surface area contributed by atoms with Gasteiger partial charge in [-0.2, -0.15) is 5.10 Å². The Kier molecular flexibility index (Phi) is 4.17. The summed E-state index contributed by atoms with van der Waals surface area (Å²) in [5.74, 6) is 0. The summed E-state index contributed by atoms with van der Waals surface area (Å²) in [5, 5.41) is 18.7. The van der Waals surface area contributed by atoms with E-state index in [1.807, 2.05) is 6.92 Å². The van der Waals surface area contributed by atoms with Crippen molar-refractivity contribution in [2.24, 2.45) is 0 Å². The molecule has 0 aliphatic heterocycles. The van der Waals surface area contributed by atoms with E-state index in [2.05, 4.69) is 20.2 Å². The molecule has 10 nitrogen and oxygen atoms in total. The molecule has 144 valence electrons. The number of aromatic nitrogens is 5. The molecule has 4 rings (SSSR count). The van der Waals surface area contributed by atoms with Crippen molar-refractivity contribution in [2.75, 3.05) is 0 Å². The van der Waals surface area contributed by atoms with Gasteiger partial charge in [0, 0.05) is 29.1 Å². The van der Waals surface area contributed by atoms with Crippen LogP contribution in [-0.2, 0) is 12.0 Å². The Bertz CT molecular complexity index is 1160. The Balaban J connectivity index is 1.92. The molecule has 0 atom stereocenters. The van der Waals surface area contributed by atoms with Crippen LogP contribution in [-0.4, -0.2) is 29.7 Å². The van der Waals surface area contributed by atoms with Crippen molar-refractivity contribution in [1.82, 2.24) is 24.7 Å². The van der Waals surface area contributed by atoms with Crippen LogP contribution in [0, 0.1) is 17.0 Å². The number of hydrogen-bond donors (Lipinski definition) is 2. The number of nitrogens with one attached hydrogen (secondary N) is 2. The van der Waals surface area contributed by atoms with Gasteiger partial charge in [0.25, 0.3) is 0 Å². The molecule has 0 saturated heterocycles. The van der Waals surface area contributed by atoms with Crippen molar-refractivity contribution in [3.63, 3.8) is 0 Å². The van der Waals surface area contributed by atoms with Crippen LogP contribution in [0.1, 0.15) is 41.8 Å². The lowest BCUT2D eigenvalue weighted by atomic mass is 9.62. The lowest BCUT2D eigenvalue weighted by Gasteiger charge is -2.41. The lowest BCUT2D eigenvalue weighted by Crippen LogP contribution is -2.45. The topological polar surface area (TPSA) is 140 Å². The zero-order valence-corrected chi connectivity index (χ0v) is 15.1. The molecule has 0 unspecified atom stereocenters. The van der Waals surface area contributed by atoms with Gasteiger partial charge in [-0.3, -0.25) is 25.0 Å². The third-order valence-electron chi connectivity index (χ3n) is 5.47. The van der Waals surface area contributed by atoms with Gasteiger partial charge in [-0.05, 0) is 37.5 Å². The molecule has 28 heavy (non-hydrogen) atoms. The fourth-order valence-electron chi connectivity index (χ4n) is 3.91. The van der Waals surface area contributed by atoms with E-state index in [9.17, 15) is 19.7 Å². The Morgan fingerprint density at radius 1 is 1.29 bits per heavy atom. The third-order valence-corrected chi connectivity index (χ3v) is 5.47. The summed E-state index contributed by atoms with van der Waals surface area (Å²) in [6, 6.07) is 3.29. The van der Waals surface area contributed by atoms with Gasteiger partial charge in [-0.1, -0.05) is 6.42 Å². The van der Waals surface area contributed by atoms with Gasteiger partial charge >= 0.3 is 16.9 Å². The molecule has 1 aliphatic carbocycles. The van der Waals surface area contributed by atoms with Gasteiger partial charge in [-0.15, -0.1) is 0 Å². The van der Waals surface area contributed by atoms with E-state index in [4.69, 9.17) is 0 Å². The van der Waals surface area contributed by atoms with Crippen molar-refractivity contribution in [2.45, 2.75) is 38.1 Å². The first-order chi connectivity index (χ1) is 13.4. The fourth-order valence-corrected chi connectivity index (χ4v) is 3.91. The first-order valence-corrected chi connectivity index (χ1v) is 8.85. The average Bonchev–Trinajstić information content (AvgIpc) is 3.04. The second kappa shape index (κ2) is 6.55. The largest absolute Gasteiger partial charge is 0.354 e. The molecule has 0 spiro atoms. The number of aryl methyl sites for hydroxylation is 1. The van der Waals surface area contributed by atoms with E-state index >= 15 is 0 Å². The highest BCUT2D eigenvalue weighted by Gasteiger charge is 2.48. The van der Waals surface area contributed by atoms with Gasteiger partial charge < -0.3 is 4.98 Å². The zero-order chi connectivity index (χ0) is 19.9. The number of aromatic amines is 2. The zero-order valence-electron chi connectivity index (χ0n) is 15.1. The number of pyridine rings is 1. The predicted molar refractivity (Wildman–Crippen MR) is 99.3 cm³/mol. The van der Waals surface area contributed by atoms with Crippen LogP contribution in [0.15, 0.2) is 40.3 Å². The minimum Gasteiger partial charge on any atom is -0.304 e. The summed E-state index contributed by atoms with van der Waals surface area (Å²) in [6.45, 7) is 1.74. The van der Waals surface area contributed by atoms with E-state index in [0.29, 0.717) is 18.4 Å². The molecule has 10 heteroatoms. The Morgan fingerprint density at radius 2 is 2.00 bits per heavy atom. The van der Waals surface area contributed by atoms with Crippen LogP contribution in [0.4, 0.5) is 5.69 Å². The van der Waals surface area contributed by atoms with Crippen molar-refractivity contribution in [3.05, 3.63) is 84.2 Å². The molecule has 3 heterocycles. The van der Waals surface area contributed by atoms with Crippen LogP contribution in [0.5, 0.6) is 0 Å². The van der Waals surface area contributed by atoms with Gasteiger partial charge in [0.15, 0.2) is 0 Å². The van der Waals surface area contributed by atoms with Crippen LogP contribution in [0.3, 0.4) is 0 Å². The third kappa shape index (κ3) is 2.65. The highest BCUT2D eigenvalue weighted by Crippen LogP contribution is 2.50. The van der Waals surface area contributed by atoms with Gasteiger partial charge in [0.1, 0.15) is 5.69 Å². The molecular weight excluding hydrogens is 364 g/mol. The summed E-state index contributed by atoms with van der Waals surface area (Å²) >= 11 is 0. The van der Waals surface area contributed by atoms with E-state index in [1.54, 1.807) is 18.3 Å². The van der Waals surface area contributed by atoms with Crippen LogP contribution >= 0.6 is 0 Å². The highest BCUT2D eigenvalue weighted by molar-refractivity contribution is 5.48. The minimum atomic E-state index is -0.909. The molecule has 1 saturated carbocycles. The molecule has 0 amide bonds. The fraction of sp³-hybridized carbons (Fsp3) is 0.333. The quantitative estimate of drug-likeness (QED) is 0.505. The number of nitro groups is 1. The SMILES string of the molecule is Cc1[nH]ncc1C1(c2[nH]c(=O)n(Cc3ccncc3)c(=O)c2[N+](=O)[O-])CCC1. The highest BCUT2D eigenvalue weighted by atomic mass is 16.6. The van der Waals surface area contributed by atoms with Crippen LogP contribution in [0.25, 0.3) is 0 Å². The van der Waals surface area contributed by atoms with Crippen molar-refractivity contribution in [3.8, 4) is 0 Å². The first kappa shape index (κ1) is 17.8. The molecular formula is C18H18N6O4. The number of rotatable bonds is 5. The van der Waals surface area contributed by atoms with Crippen LogP contribution < -0.4 is 11.2 Å². The summed E-state index contributed by atoms with van der Waals surface area (Å²) < 4.78 is 0.853. The second-order valence-corrected chi connectivity index (χ2v) is 7.00. The molecule has 2 N–H and O–H groups in total. The predicted octanol–water partition coefficient (Wildman–Crippen LogP) is 1.39. The lowest BCUT2D eigenvalue weighted by molar-refractivity contribution is -0.388. The molecule has 0 aromatic carbocycles. The maximum absolute atomic E-state index is 13.0. The monoisotopic (exact) mass is 382 g/mol. The van der Waals surface area contributed by atoms with Crippen molar-refractivity contribution in [1.29, 1.82) is 0 Å². The van der Waals surface area contributed by atoms with Crippen molar-refractivity contribution >= 4 is 5.69 Å². The van der Waals surface area contributed by atoms with E-state index in [1.165, 1.54) is 12.4 Å². The van der Waals surface area contributed by atoms with Gasteiger partial charge in [0.05, 0.1) is 17.7 Å². The first-order valence-electron chi connectivity index (χ1n) is 8.85. The number of hydrogen-bond acceptors (Lipinski definition) is 6. The number of H-pyrrole nitrogens is 2. The summed E-state index contributed by atoms with van der Waals surface area (Å²) in [7, 11) is 0. The summed E-state index contributed by atoms with van der Waals surface area (Å²) in [6.07, 6.45) is 6.70. The van der Waals surface area contributed by atoms with E-state index in [-0.39, 0.29) is 12.2 Å². The molecule has 0 bridgehead atoms. The maximum atomic E-state index is 13.0. The van der Waals surface area contributed by atoms with Crippen molar-refractivity contribution < 1.29 is 4.92 Å². The normalized spacial score (nSPS) is 15.2. The van der Waals surface area contributed by atoms with Gasteiger partial charge in [-0.25, -0.2) is 9.36 Å². The Hall–Kier alpha value is -3.56. The molecule has 0 radical (unpaired) electrons. The molecule has 1 aliphatic rings. The van der Waals surface area contributed by atoms with E-state index < -0.39 is 27.3 Å². The standard InChI is InChI=1S/C18H18N6O4/c1-11-13(9-20-22-11)18(5-2-6-18)15-14(24(27)28)16(25)23(17(26)21-15)10-12-3-7-19-8-4-12/h3-4,7-9H,2,5-6,10H2,1H3,(H,20,22)(H,21,26). The molecule has 3 aromatic rings. The smallest absolute Gasteiger partial charge is 0.304 e. The second-order valence-electron chi connectivity index (χ2n) is 7.00. The minimum absolute atomic E-state index is 0.0641. The Morgan fingerprint density at radius 3 is 2.54 bits per heavy atom. The average molecular weight is 382 g/mol. The number of nitrogens with zero attached hydrogens (tertiary/aromatic N) is 4. The van der Waals surface area contributed by atoms with Crippen LogP contribution in [0.2, 0.25) is 0 Å². The summed E-state index contributed by atoms with van der Waals surface area (Å²) in [5.41, 5.74) is -0.715. The molecule has 3 aromatic heterocycles. The van der Waals surface area contributed by atoms with E-state index in [0.717, 1.165) is 22.2 Å².